The summed E-state index contributed by atoms with van der Waals surface area (Å²) >= 11 is 7.09. The topological polar surface area (TPSA) is 111 Å². The number of carbonyl (C=O) groups excluding carboxylic acids is 2. The van der Waals surface area contributed by atoms with E-state index in [1.165, 1.54) is 23.5 Å². The number of hydrogen-bond donors (Lipinski definition) is 1. The summed E-state index contributed by atoms with van der Waals surface area (Å²) in [7, 11) is 0. The van der Waals surface area contributed by atoms with E-state index in [-0.39, 0.29) is 22.0 Å². The van der Waals surface area contributed by atoms with Gasteiger partial charge in [0, 0.05) is 11.1 Å². The number of anilines is 1. The van der Waals surface area contributed by atoms with Gasteiger partial charge in [0.2, 0.25) is 0 Å². The van der Waals surface area contributed by atoms with Crippen LogP contribution in [-0.2, 0) is 9.53 Å². The molecule has 26 heavy (non-hydrogen) atoms. The van der Waals surface area contributed by atoms with E-state index in [4.69, 9.17) is 16.3 Å². The molecule has 3 rings (SSSR count). The Morgan fingerprint density at radius 3 is 2.85 bits per heavy atom. The van der Waals surface area contributed by atoms with Crippen LogP contribution in [0.25, 0.3) is 10.2 Å². The molecule has 0 bridgehead atoms. The molecule has 0 unspecified atom stereocenters. The molecule has 0 atom stereocenters. The lowest BCUT2D eigenvalue weighted by Gasteiger charge is -2.07. The van der Waals surface area contributed by atoms with Gasteiger partial charge in [-0.2, -0.15) is 0 Å². The van der Waals surface area contributed by atoms with Gasteiger partial charge in [0.15, 0.2) is 6.61 Å². The molecule has 0 fully saturated rings. The molecule has 0 saturated carbocycles. The summed E-state index contributed by atoms with van der Waals surface area (Å²) in [5.74, 6) is -1.39. The van der Waals surface area contributed by atoms with Crippen LogP contribution in [0.2, 0.25) is 5.02 Å². The van der Waals surface area contributed by atoms with Crippen LogP contribution < -0.4 is 5.32 Å². The lowest BCUT2D eigenvalue weighted by Crippen LogP contribution is -2.21. The molecule has 0 spiro atoms. The van der Waals surface area contributed by atoms with Crippen LogP contribution in [0.15, 0.2) is 41.9 Å². The van der Waals surface area contributed by atoms with Crippen LogP contribution in [0, 0.1) is 10.1 Å². The molecule has 3 aromatic rings. The number of amides is 1. The predicted octanol–water partition coefficient (Wildman–Crippen LogP) is 3.65. The molecular formula is C16H10ClN3O5S. The first-order valence-corrected chi connectivity index (χ1v) is 8.44. The average molecular weight is 392 g/mol. The number of nitrogens with zero attached hydrogens (tertiary/aromatic N) is 2. The second-order valence-corrected chi connectivity index (χ2v) is 6.40. The Kier molecular flexibility index (Phi) is 5.10. The van der Waals surface area contributed by atoms with E-state index in [9.17, 15) is 19.7 Å². The number of esters is 1. The van der Waals surface area contributed by atoms with Crippen molar-refractivity contribution in [3.8, 4) is 0 Å². The third-order valence-corrected chi connectivity index (χ3v) is 4.36. The molecule has 0 radical (unpaired) electrons. The minimum atomic E-state index is -0.706. The van der Waals surface area contributed by atoms with Crippen molar-refractivity contribution in [3.63, 3.8) is 0 Å². The van der Waals surface area contributed by atoms with Gasteiger partial charge < -0.3 is 10.1 Å². The fourth-order valence-electron chi connectivity index (χ4n) is 2.14. The van der Waals surface area contributed by atoms with Crippen LogP contribution in [0.5, 0.6) is 0 Å². The molecule has 0 aliphatic carbocycles. The van der Waals surface area contributed by atoms with Gasteiger partial charge in [-0.15, -0.1) is 11.3 Å². The van der Waals surface area contributed by atoms with E-state index in [1.807, 2.05) is 0 Å². The maximum Gasteiger partial charge on any atom is 0.338 e. The van der Waals surface area contributed by atoms with Gasteiger partial charge in [0.1, 0.15) is 5.69 Å². The lowest BCUT2D eigenvalue weighted by atomic mass is 10.2. The maximum atomic E-state index is 12.0. The smallest absolute Gasteiger partial charge is 0.338 e. The highest BCUT2D eigenvalue weighted by molar-refractivity contribution is 7.16. The fraction of sp³-hybridized carbons (Fsp3) is 0.0625. The van der Waals surface area contributed by atoms with Gasteiger partial charge in [-0.1, -0.05) is 11.6 Å². The number of rotatable bonds is 5. The second-order valence-electron chi connectivity index (χ2n) is 5.08. The third-order valence-electron chi connectivity index (χ3n) is 3.33. The average Bonchev–Trinajstić information content (AvgIpc) is 3.08. The zero-order chi connectivity index (χ0) is 18.7. The van der Waals surface area contributed by atoms with Crippen LogP contribution in [0.1, 0.15) is 10.4 Å². The molecule has 8 nitrogen and oxygen atoms in total. The van der Waals surface area contributed by atoms with Gasteiger partial charge in [-0.05, 0) is 30.3 Å². The van der Waals surface area contributed by atoms with Crippen molar-refractivity contribution in [1.29, 1.82) is 0 Å². The molecule has 10 heteroatoms. The lowest BCUT2D eigenvalue weighted by molar-refractivity contribution is -0.383. The van der Waals surface area contributed by atoms with Gasteiger partial charge >= 0.3 is 5.97 Å². The van der Waals surface area contributed by atoms with Crippen molar-refractivity contribution in [2.45, 2.75) is 0 Å². The molecule has 0 aliphatic rings. The summed E-state index contributed by atoms with van der Waals surface area (Å²) in [6, 6.07) is 8.68. The van der Waals surface area contributed by atoms with Crippen LogP contribution >= 0.6 is 22.9 Å². The fourth-order valence-corrected chi connectivity index (χ4v) is 3.03. The number of nitro benzene ring substituents is 1. The summed E-state index contributed by atoms with van der Waals surface area (Å²) in [5.41, 5.74) is 2.32. The summed E-state index contributed by atoms with van der Waals surface area (Å²) in [4.78, 5) is 38.4. The first-order valence-electron chi connectivity index (χ1n) is 7.18. The number of hydrogen-bond acceptors (Lipinski definition) is 7. The van der Waals surface area contributed by atoms with E-state index in [2.05, 4.69) is 10.3 Å². The van der Waals surface area contributed by atoms with Crippen molar-refractivity contribution in [1.82, 2.24) is 4.98 Å². The standard InChI is InChI=1S/C16H10ClN3O5S/c17-10-2-4-11(13(6-10)20(23)24)19-15(21)7-25-16(22)9-1-3-12-14(5-9)26-8-18-12/h1-6,8H,7H2,(H,19,21). The summed E-state index contributed by atoms with van der Waals surface area (Å²) in [6.07, 6.45) is 0. The van der Waals surface area contributed by atoms with E-state index >= 15 is 0 Å². The zero-order valence-corrected chi connectivity index (χ0v) is 14.5. The minimum Gasteiger partial charge on any atom is -0.452 e. The van der Waals surface area contributed by atoms with Gasteiger partial charge in [-0.25, -0.2) is 9.78 Å². The minimum absolute atomic E-state index is 0.0356. The Labute approximate surface area is 155 Å². The number of benzene rings is 2. The van der Waals surface area contributed by atoms with Crippen molar-refractivity contribution in [3.05, 3.63) is 62.6 Å². The maximum absolute atomic E-state index is 12.0. The number of halogens is 1. The number of fused-ring (bicyclic) bond motifs is 1. The second kappa shape index (κ2) is 7.46. The van der Waals surface area contributed by atoms with Gasteiger partial charge in [-0.3, -0.25) is 14.9 Å². The summed E-state index contributed by atoms with van der Waals surface area (Å²) < 4.78 is 5.77. The first-order chi connectivity index (χ1) is 12.4. The molecule has 1 aromatic heterocycles. The van der Waals surface area contributed by atoms with Crippen LogP contribution in [0.3, 0.4) is 0 Å². The third kappa shape index (κ3) is 3.95. The highest BCUT2D eigenvalue weighted by Crippen LogP contribution is 2.27. The van der Waals surface area contributed by atoms with E-state index in [1.54, 1.807) is 23.7 Å². The van der Waals surface area contributed by atoms with E-state index in [0.717, 1.165) is 16.3 Å². The highest BCUT2D eigenvalue weighted by atomic mass is 35.5. The molecule has 0 aliphatic heterocycles. The molecule has 0 saturated heterocycles. The quantitative estimate of drug-likeness (QED) is 0.403. The number of nitro groups is 1. The van der Waals surface area contributed by atoms with Gasteiger partial charge in [0.25, 0.3) is 11.6 Å². The Morgan fingerprint density at radius 2 is 2.08 bits per heavy atom. The van der Waals surface area contributed by atoms with Crippen molar-refractivity contribution < 1.29 is 19.2 Å². The van der Waals surface area contributed by atoms with Crippen LogP contribution in [0.4, 0.5) is 11.4 Å². The van der Waals surface area contributed by atoms with Crippen molar-refractivity contribution in [2.24, 2.45) is 0 Å². The molecular weight excluding hydrogens is 382 g/mol. The van der Waals surface area contributed by atoms with E-state index in [0.29, 0.717) is 0 Å². The first kappa shape index (κ1) is 17.8. The van der Waals surface area contributed by atoms with E-state index < -0.39 is 23.4 Å². The number of nitrogens with one attached hydrogen (secondary N) is 1. The molecule has 1 amide bonds. The zero-order valence-electron chi connectivity index (χ0n) is 13.0. The number of ether oxygens (including phenoxy) is 1. The SMILES string of the molecule is O=C(COC(=O)c1ccc2ncsc2c1)Nc1ccc(Cl)cc1[N+](=O)[O-]. The summed E-state index contributed by atoms with van der Waals surface area (Å²) in [5, 5.41) is 13.5. The Bertz CT molecular complexity index is 1020. The van der Waals surface area contributed by atoms with Crippen LogP contribution in [-0.4, -0.2) is 28.4 Å². The molecule has 2 aromatic carbocycles. The van der Waals surface area contributed by atoms with Gasteiger partial charge in [0.05, 0.1) is 26.2 Å². The molecule has 1 N–H and O–H groups in total. The number of aromatic nitrogens is 1. The number of thiazole rings is 1. The summed E-state index contributed by atoms with van der Waals surface area (Å²) in [6.45, 7) is -0.584. The largest absolute Gasteiger partial charge is 0.452 e. The highest BCUT2D eigenvalue weighted by Gasteiger charge is 2.18. The Balaban J connectivity index is 1.63. The number of carbonyl (C=O) groups is 2. The molecule has 132 valence electrons. The Hall–Kier alpha value is -3.04. The van der Waals surface area contributed by atoms with Crippen molar-refractivity contribution in [2.75, 3.05) is 11.9 Å². The molecule has 1 heterocycles. The van der Waals surface area contributed by atoms with Crippen molar-refractivity contribution >= 4 is 56.4 Å². The Morgan fingerprint density at radius 1 is 1.27 bits per heavy atom. The normalized spacial score (nSPS) is 10.5. The monoisotopic (exact) mass is 391 g/mol. The predicted molar refractivity (Wildman–Crippen MR) is 96.6 cm³/mol.